The largest absolute Gasteiger partial charge is 0.493 e. The van der Waals surface area contributed by atoms with E-state index in [4.69, 9.17) is 23.3 Å². The Morgan fingerprint density at radius 2 is 1.29 bits per heavy atom. The van der Waals surface area contributed by atoms with Crippen molar-refractivity contribution < 1.29 is 44.9 Å². The fourth-order valence-electron chi connectivity index (χ4n) is 3.88. The maximum Gasteiger partial charge on any atom is 0.261 e. The molecule has 1 aliphatic heterocycles. The Bertz CT molecular complexity index is 1250. The molecule has 2 aromatic carbocycles. The molecule has 1 amide bonds. The minimum Gasteiger partial charge on any atom is -0.493 e. The Morgan fingerprint density at radius 1 is 0.854 bits per heavy atom. The highest BCUT2D eigenvalue weighted by atomic mass is 32.2. The first-order valence-corrected chi connectivity index (χ1v) is 16.6. The van der Waals surface area contributed by atoms with E-state index in [1.54, 1.807) is 14.2 Å². The maximum absolute atomic E-state index is 12.9. The molecule has 0 unspecified atom stereocenters. The molecule has 14 heteroatoms. The number of piperazine rings is 1. The van der Waals surface area contributed by atoms with E-state index < -0.39 is 20.2 Å². The summed E-state index contributed by atoms with van der Waals surface area (Å²) < 4.78 is 68.7. The number of benzene rings is 2. The van der Waals surface area contributed by atoms with Crippen LogP contribution in [-0.2, 0) is 20.2 Å². The molecule has 0 spiro atoms. The molecule has 41 heavy (non-hydrogen) atoms. The average Bonchev–Trinajstić information content (AvgIpc) is 2.87. The van der Waals surface area contributed by atoms with Gasteiger partial charge in [-0.25, -0.2) is 0 Å². The highest BCUT2D eigenvalue weighted by Crippen LogP contribution is 2.42. The van der Waals surface area contributed by atoms with Crippen LogP contribution >= 0.6 is 0 Å². The van der Waals surface area contributed by atoms with E-state index in [1.165, 1.54) is 0 Å². The molecule has 232 valence electrons. The van der Waals surface area contributed by atoms with Gasteiger partial charge in [0.2, 0.25) is 5.75 Å². The van der Waals surface area contributed by atoms with Crippen molar-refractivity contribution in [1.82, 2.24) is 9.80 Å². The van der Waals surface area contributed by atoms with Crippen LogP contribution in [0.4, 0.5) is 0 Å². The number of ether oxygens (including phenoxy) is 3. The summed E-state index contributed by atoms with van der Waals surface area (Å²) in [5.74, 6) is 1.93. The Balaban J connectivity index is 0.000000722. The smallest absolute Gasteiger partial charge is 0.261 e. The molecule has 0 saturated carbocycles. The van der Waals surface area contributed by atoms with Gasteiger partial charge in [0.25, 0.3) is 26.1 Å². The molecule has 1 heterocycles. The van der Waals surface area contributed by atoms with Gasteiger partial charge in [0.1, 0.15) is 0 Å². The second-order valence-corrected chi connectivity index (χ2v) is 12.5. The summed E-state index contributed by atoms with van der Waals surface area (Å²) >= 11 is 0. The van der Waals surface area contributed by atoms with Gasteiger partial charge >= 0.3 is 0 Å². The lowest BCUT2D eigenvalue weighted by atomic mass is 10.0. The molecule has 12 nitrogen and oxygen atoms in total. The molecular formula is C27H42N2O10S2. The van der Waals surface area contributed by atoms with E-state index in [1.807, 2.05) is 55.1 Å². The fraction of sp³-hybridized carbons (Fsp3) is 0.519. The lowest BCUT2D eigenvalue weighted by Gasteiger charge is -2.34. The van der Waals surface area contributed by atoms with E-state index in [-0.39, 0.29) is 12.0 Å². The zero-order chi connectivity index (χ0) is 31.4. The second kappa shape index (κ2) is 16.5. The van der Waals surface area contributed by atoms with Crippen LogP contribution in [0.15, 0.2) is 36.4 Å². The number of carbonyl (C=O) groups excluding carboxylic acids is 1. The first-order chi connectivity index (χ1) is 19.0. The molecular weight excluding hydrogens is 576 g/mol. The van der Waals surface area contributed by atoms with Gasteiger partial charge in [-0.3, -0.25) is 18.8 Å². The summed E-state index contributed by atoms with van der Waals surface area (Å²) in [6.45, 7) is 10.7. The third-order valence-corrected chi connectivity index (χ3v) is 5.48. The van der Waals surface area contributed by atoms with Crippen molar-refractivity contribution in [2.75, 3.05) is 59.5 Å². The van der Waals surface area contributed by atoms with Crippen LogP contribution in [0.25, 0.3) is 11.1 Å². The van der Waals surface area contributed by atoms with Crippen LogP contribution in [0.5, 0.6) is 17.2 Å². The van der Waals surface area contributed by atoms with Gasteiger partial charge < -0.3 is 19.1 Å². The molecule has 0 aromatic heterocycles. The monoisotopic (exact) mass is 618 g/mol. The predicted molar refractivity (Wildman–Crippen MR) is 158 cm³/mol. The van der Waals surface area contributed by atoms with Crippen molar-refractivity contribution in [2.45, 2.75) is 33.3 Å². The summed E-state index contributed by atoms with van der Waals surface area (Å²) in [4.78, 5) is 17.3. The van der Waals surface area contributed by atoms with E-state index in [0.29, 0.717) is 35.3 Å². The van der Waals surface area contributed by atoms with Gasteiger partial charge in [-0.15, -0.1) is 0 Å². The van der Waals surface area contributed by atoms with E-state index >= 15 is 0 Å². The number of methoxy groups -OCH3 is 2. The Labute approximate surface area is 243 Å². The van der Waals surface area contributed by atoms with Crippen LogP contribution in [-0.4, -0.2) is 107 Å². The van der Waals surface area contributed by atoms with Gasteiger partial charge in [0.15, 0.2) is 11.5 Å². The van der Waals surface area contributed by atoms with Crippen LogP contribution < -0.4 is 14.2 Å². The first-order valence-electron chi connectivity index (χ1n) is 12.9. The van der Waals surface area contributed by atoms with Crippen LogP contribution in [0.2, 0.25) is 0 Å². The number of hydrogen-bond donors (Lipinski definition) is 2. The van der Waals surface area contributed by atoms with Crippen molar-refractivity contribution in [3.8, 4) is 28.4 Å². The van der Waals surface area contributed by atoms with Gasteiger partial charge in [0, 0.05) is 31.7 Å². The average molecular weight is 619 g/mol. The first kappa shape index (κ1) is 36.1. The zero-order valence-corrected chi connectivity index (χ0v) is 26.3. The topological polar surface area (TPSA) is 160 Å². The van der Waals surface area contributed by atoms with E-state index in [2.05, 4.69) is 11.8 Å². The van der Waals surface area contributed by atoms with Crippen LogP contribution in [0, 0.1) is 0 Å². The SMILES string of the molecule is CCCN1CCN(C(=O)c2ccc(-c3cc(OC)c(OC(C)C)c(OC)c3)cc2)CC1.CS(=O)(=O)O.CS(=O)(=O)O. The molecule has 3 rings (SSSR count). The van der Waals surface area contributed by atoms with Crippen molar-refractivity contribution in [3.05, 3.63) is 42.0 Å². The van der Waals surface area contributed by atoms with Gasteiger partial charge in [0.05, 0.1) is 32.8 Å². The zero-order valence-electron chi connectivity index (χ0n) is 24.7. The summed E-state index contributed by atoms with van der Waals surface area (Å²) in [5, 5.41) is 0. The lowest BCUT2D eigenvalue weighted by molar-refractivity contribution is 0.0637. The minimum absolute atomic E-state index is 0.00258. The van der Waals surface area contributed by atoms with Crippen molar-refractivity contribution in [2.24, 2.45) is 0 Å². The molecule has 0 bridgehead atoms. The number of hydrogen-bond acceptors (Lipinski definition) is 9. The minimum atomic E-state index is -3.67. The van der Waals surface area contributed by atoms with Crippen LogP contribution in [0.3, 0.4) is 0 Å². The molecule has 0 atom stereocenters. The Kier molecular flexibility index (Phi) is 14.5. The summed E-state index contributed by atoms with van der Waals surface area (Å²) in [6, 6.07) is 11.6. The number of rotatable bonds is 8. The number of carbonyl (C=O) groups is 1. The summed E-state index contributed by atoms with van der Waals surface area (Å²) in [6.07, 6.45) is 2.58. The third kappa shape index (κ3) is 14.5. The summed E-state index contributed by atoms with van der Waals surface area (Å²) in [5.41, 5.74) is 2.64. The number of amides is 1. The lowest BCUT2D eigenvalue weighted by Crippen LogP contribution is -2.48. The van der Waals surface area contributed by atoms with Crippen LogP contribution in [0.1, 0.15) is 37.6 Å². The van der Waals surface area contributed by atoms with Gasteiger partial charge in [-0.05, 0) is 62.2 Å². The fourth-order valence-corrected chi connectivity index (χ4v) is 3.88. The van der Waals surface area contributed by atoms with E-state index in [9.17, 15) is 21.6 Å². The second-order valence-electron chi connectivity index (χ2n) is 9.55. The van der Waals surface area contributed by atoms with Gasteiger partial charge in [-0.1, -0.05) is 19.1 Å². The molecule has 1 aliphatic rings. The molecule has 2 N–H and O–H groups in total. The molecule has 0 radical (unpaired) electrons. The molecule has 0 aliphatic carbocycles. The molecule has 2 aromatic rings. The molecule has 1 saturated heterocycles. The summed E-state index contributed by atoms with van der Waals surface area (Å²) in [7, 11) is -4.10. The predicted octanol–water partition coefficient (Wildman–Crippen LogP) is 3.33. The van der Waals surface area contributed by atoms with E-state index in [0.717, 1.165) is 50.3 Å². The standard InChI is InChI=1S/C25H34N2O4.2CH4O3S/c1-6-11-26-12-14-27(15-13-26)25(28)20-9-7-19(8-10-20)21-16-22(29-4)24(31-18(2)3)23(17-21)30-5;2*1-5(2,3)4/h7-10,16-18H,6,11-15H2,1-5H3;2*1H3,(H,2,3,4). The van der Waals surface area contributed by atoms with Crippen molar-refractivity contribution in [3.63, 3.8) is 0 Å². The highest BCUT2D eigenvalue weighted by Gasteiger charge is 2.22. The number of nitrogens with zero attached hydrogens (tertiary/aromatic N) is 2. The van der Waals surface area contributed by atoms with Crippen molar-refractivity contribution in [1.29, 1.82) is 0 Å². The Hall–Kier alpha value is -2.91. The van der Waals surface area contributed by atoms with Crippen molar-refractivity contribution >= 4 is 26.1 Å². The normalized spacial score (nSPS) is 13.9. The Morgan fingerprint density at radius 3 is 1.66 bits per heavy atom. The molecule has 1 fully saturated rings. The maximum atomic E-state index is 12.9. The van der Waals surface area contributed by atoms with Gasteiger partial charge in [-0.2, -0.15) is 16.8 Å². The highest BCUT2D eigenvalue weighted by molar-refractivity contribution is 7.85. The third-order valence-electron chi connectivity index (χ3n) is 5.48. The quantitative estimate of drug-likeness (QED) is 0.418.